The highest BCUT2D eigenvalue weighted by molar-refractivity contribution is 6.26. The molecule has 270 valence electrons. The molecule has 0 saturated heterocycles. The maximum absolute atomic E-state index is 5.14. The van der Waals surface area contributed by atoms with Crippen molar-refractivity contribution in [3.63, 3.8) is 0 Å². The molecule has 3 heterocycles. The lowest BCUT2D eigenvalue weighted by atomic mass is 10.0. The number of hydrogen-bond acceptors (Lipinski definition) is 2. The Morgan fingerprint density at radius 1 is 0.293 bits per heavy atom. The molecule has 58 heavy (non-hydrogen) atoms. The van der Waals surface area contributed by atoms with Crippen molar-refractivity contribution in [2.45, 2.75) is 0 Å². The lowest BCUT2D eigenvalue weighted by Gasteiger charge is -2.14. The quantitative estimate of drug-likeness (QED) is 0.176. The van der Waals surface area contributed by atoms with Crippen molar-refractivity contribution in [3.05, 3.63) is 206 Å². The van der Waals surface area contributed by atoms with E-state index in [2.05, 4.69) is 191 Å². The highest BCUT2D eigenvalue weighted by atomic mass is 15.0. The van der Waals surface area contributed by atoms with Gasteiger partial charge < -0.3 is 9.13 Å². The molecule has 0 amide bonds. The predicted octanol–water partition coefficient (Wildman–Crippen LogP) is 14.0. The molecule has 0 N–H and O–H groups in total. The Morgan fingerprint density at radius 2 is 0.690 bits per heavy atom. The number of fused-ring (bicyclic) bond motifs is 9. The van der Waals surface area contributed by atoms with Gasteiger partial charge in [0.2, 0.25) is 0 Å². The number of aromatic nitrogens is 4. The molecule has 4 nitrogen and oxygen atoms in total. The van der Waals surface area contributed by atoms with Crippen LogP contribution in [0.25, 0.3) is 110 Å². The van der Waals surface area contributed by atoms with Crippen LogP contribution in [-0.4, -0.2) is 19.1 Å². The Kier molecular flexibility index (Phi) is 7.20. The summed E-state index contributed by atoms with van der Waals surface area (Å²) in [4.78, 5) is 10.2. The molecule has 0 bridgehead atoms. The number of para-hydroxylation sites is 1. The summed E-state index contributed by atoms with van der Waals surface area (Å²) in [5.41, 5.74) is 11.8. The summed E-state index contributed by atoms with van der Waals surface area (Å²) >= 11 is 0. The second-order valence-corrected chi connectivity index (χ2v) is 15.0. The van der Waals surface area contributed by atoms with E-state index in [4.69, 9.17) is 9.97 Å². The summed E-state index contributed by atoms with van der Waals surface area (Å²) in [6.45, 7) is 0. The molecular formula is C54H34N4. The van der Waals surface area contributed by atoms with E-state index in [9.17, 15) is 0 Å². The number of benzene rings is 9. The predicted molar refractivity (Wildman–Crippen MR) is 242 cm³/mol. The lowest BCUT2D eigenvalue weighted by Crippen LogP contribution is -1.99. The van der Waals surface area contributed by atoms with Gasteiger partial charge in [-0.3, -0.25) is 0 Å². The molecule has 0 atom stereocenters. The van der Waals surface area contributed by atoms with Gasteiger partial charge in [0.15, 0.2) is 5.82 Å². The van der Waals surface area contributed by atoms with Crippen LogP contribution < -0.4 is 0 Å². The first-order chi connectivity index (χ1) is 28.7. The van der Waals surface area contributed by atoms with Crippen LogP contribution in [0.2, 0.25) is 0 Å². The first kappa shape index (κ1) is 32.4. The van der Waals surface area contributed by atoms with E-state index < -0.39 is 0 Å². The minimum atomic E-state index is 0.707. The maximum Gasteiger partial charge on any atom is 0.160 e. The zero-order valence-corrected chi connectivity index (χ0v) is 31.4. The third-order valence-electron chi connectivity index (χ3n) is 11.7. The van der Waals surface area contributed by atoms with Crippen molar-refractivity contribution in [1.29, 1.82) is 0 Å². The second kappa shape index (κ2) is 12.9. The molecule has 0 fully saturated rings. The third-order valence-corrected chi connectivity index (χ3v) is 11.7. The smallest absolute Gasteiger partial charge is 0.160 e. The van der Waals surface area contributed by atoms with E-state index >= 15 is 0 Å². The minimum absolute atomic E-state index is 0.707. The molecule has 3 aromatic heterocycles. The normalized spacial score (nSPS) is 11.8. The Balaban J connectivity index is 1.14. The van der Waals surface area contributed by atoms with Crippen molar-refractivity contribution in [2.24, 2.45) is 0 Å². The van der Waals surface area contributed by atoms with Gasteiger partial charge in [0.1, 0.15) is 0 Å². The van der Waals surface area contributed by atoms with Crippen LogP contribution in [-0.2, 0) is 0 Å². The fraction of sp³-hybridized carbons (Fsp3) is 0. The van der Waals surface area contributed by atoms with Gasteiger partial charge >= 0.3 is 0 Å². The van der Waals surface area contributed by atoms with Crippen LogP contribution in [0.1, 0.15) is 0 Å². The van der Waals surface area contributed by atoms with Gasteiger partial charge in [0, 0.05) is 49.6 Å². The summed E-state index contributed by atoms with van der Waals surface area (Å²) in [6.07, 6.45) is 0. The van der Waals surface area contributed by atoms with Crippen molar-refractivity contribution in [3.8, 4) is 45.3 Å². The van der Waals surface area contributed by atoms with Gasteiger partial charge in [0.05, 0.1) is 33.5 Å². The summed E-state index contributed by atoms with van der Waals surface area (Å²) in [5, 5.41) is 9.82. The molecule has 12 aromatic rings. The zero-order chi connectivity index (χ0) is 38.2. The SMILES string of the molecule is c1ccc(-c2cc(-c3ccc(-n4c5cc6ccccc6cc5c5ccc6c7cc8ccccc8cc7n(-c7ccccc7)c6c54)cc3)nc(-c3ccccc3)n2)cc1. The molecule has 0 spiro atoms. The molecular weight excluding hydrogens is 705 g/mol. The van der Waals surface area contributed by atoms with Crippen LogP contribution >= 0.6 is 0 Å². The summed E-state index contributed by atoms with van der Waals surface area (Å²) in [6, 6.07) is 73.9. The summed E-state index contributed by atoms with van der Waals surface area (Å²) in [5.74, 6) is 0.707. The van der Waals surface area contributed by atoms with Gasteiger partial charge in [-0.05, 0) is 76.1 Å². The zero-order valence-electron chi connectivity index (χ0n) is 31.4. The van der Waals surface area contributed by atoms with E-state index in [1.807, 2.05) is 24.3 Å². The Hall–Kier alpha value is -7.82. The molecule has 4 heteroatoms. The molecule has 9 aromatic carbocycles. The topological polar surface area (TPSA) is 35.6 Å². The average Bonchev–Trinajstić information content (AvgIpc) is 3.80. The van der Waals surface area contributed by atoms with Crippen LogP contribution in [0.4, 0.5) is 0 Å². The lowest BCUT2D eigenvalue weighted by molar-refractivity contribution is 1.15. The van der Waals surface area contributed by atoms with E-state index in [1.54, 1.807) is 0 Å². The average molecular weight is 739 g/mol. The maximum atomic E-state index is 5.14. The van der Waals surface area contributed by atoms with Crippen LogP contribution in [0.5, 0.6) is 0 Å². The fourth-order valence-electron chi connectivity index (χ4n) is 8.93. The van der Waals surface area contributed by atoms with E-state index in [1.165, 1.54) is 65.2 Å². The molecule has 0 aliphatic carbocycles. The fourth-order valence-corrected chi connectivity index (χ4v) is 8.93. The first-order valence-electron chi connectivity index (χ1n) is 19.7. The van der Waals surface area contributed by atoms with Crippen molar-refractivity contribution < 1.29 is 0 Å². The second-order valence-electron chi connectivity index (χ2n) is 15.0. The van der Waals surface area contributed by atoms with Gasteiger partial charge in [0.25, 0.3) is 0 Å². The van der Waals surface area contributed by atoms with E-state index in [0.29, 0.717) is 5.82 Å². The van der Waals surface area contributed by atoms with Gasteiger partial charge in [-0.15, -0.1) is 0 Å². The van der Waals surface area contributed by atoms with Crippen LogP contribution in [0.15, 0.2) is 206 Å². The molecule has 12 rings (SSSR count). The number of rotatable bonds is 5. The highest BCUT2D eigenvalue weighted by Gasteiger charge is 2.22. The standard InChI is InChI=1S/C54H34N4/c1-4-14-35(15-5-1)48-34-49(56-54(55-48)37-16-6-2-7-17-37)36-24-26-43(27-25-36)58-51-33-41-21-13-11-19-39(41)31-47(51)45-29-28-44-46-30-38-18-10-12-20-40(38)32-50(46)57(52(44)53(45)58)42-22-8-3-9-23-42/h1-34H. The van der Waals surface area contributed by atoms with Crippen molar-refractivity contribution >= 4 is 65.2 Å². The van der Waals surface area contributed by atoms with Crippen molar-refractivity contribution in [2.75, 3.05) is 0 Å². The summed E-state index contributed by atoms with van der Waals surface area (Å²) < 4.78 is 4.95. The first-order valence-corrected chi connectivity index (χ1v) is 19.7. The van der Waals surface area contributed by atoms with Gasteiger partial charge in [-0.1, -0.05) is 152 Å². The monoisotopic (exact) mass is 738 g/mol. The highest BCUT2D eigenvalue weighted by Crippen LogP contribution is 2.43. The summed E-state index contributed by atoms with van der Waals surface area (Å²) in [7, 11) is 0. The van der Waals surface area contributed by atoms with Gasteiger partial charge in [-0.25, -0.2) is 9.97 Å². The largest absolute Gasteiger partial charge is 0.307 e. The molecule has 0 aliphatic rings. The Labute approximate surface area is 334 Å². The van der Waals surface area contributed by atoms with Crippen LogP contribution in [0.3, 0.4) is 0 Å². The molecule has 0 unspecified atom stereocenters. The Morgan fingerprint density at radius 3 is 1.19 bits per heavy atom. The molecule has 0 aliphatic heterocycles. The van der Waals surface area contributed by atoms with E-state index in [0.717, 1.165) is 39.5 Å². The van der Waals surface area contributed by atoms with Crippen molar-refractivity contribution in [1.82, 2.24) is 19.1 Å². The van der Waals surface area contributed by atoms with Crippen LogP contribution in [0, 0.1) is 0 Å². The molecule has 0 radical (unpaired) electrons. The van der Waals surface area contributed by atoms with Gasteiger partial charge in [-0.2, -0.15) is 0 Å². The molecule has 0 saturated carbocycles. The number of hydrogen-bond donors (Lipinski definition) is 0. The Bertz CT molecular complexity index is 3470. The minimum Gasteiger partial charge on any atom is -0.307 e. The third kappa shape index (κ3) is 5.09. The van der Waals surface area contributed by atoms with E-state index in [-0.39, 0.29) is 0 Å². The number of nitrogens with zero attached hydrogens (tertiary/aromatic N) is 4.